The lowest BCUT2D eigenvalue weighted by atomic mass is 10.1. The van der Waals surface area contributed by atoms with E-state index in [4.69, 9.17) is 9.47 Å². The highest BCUT2D eigenvalue weighted by atomic mass is 16.5. The summed E-state index contributed by atoms with van der Waals surface area (Å²) in [6.45, 7) is 1.47. The second-order valence-corrected chi connectivity index (χ2v) is 5.02. The van der Waals surface area contributed by atoms with Crippen molar-refractivity contribution in [2.45, 2.75) is 13.3 Å². The number of hydrogen-bond acceptors (Lipinski definition) is 4. The van der Waals surface area contributed by atoms with E-state index in [-0.39, 0.29) is 18.1 Å². The number of ketones is 1. The maximum Gasteiger partial charge on any atom is 0.228 e. The zero-order chi connectivity index (χ0) is 16.8. The number of ether oxygens (including phenoxy) is 2. The van der Waals surface area contributed by atoms with Crippen molar-refractivity contribution in [3.05, 3.63) is 53.6 Å². The molecule has 0 spiro atoms. The zero-order valence-electron chi connectivity index (χ0n) is 13.4. The molecule has 0 aliphatic carbocycles. The van der Waals surface area contributed by atoms with E-state index in [0.29, 0.717) is 22.7 Å². The fourth-order valence-corrected chi connectivity index (χ4v) is 2.27. The van der Waals surface area contributed by atoms with Crippen molar-refractivity contribution in [2.75, 3.05) is 19.5 Å². The highest BCUT2D eigenvalue weighted by Crippen LogP contribution is 2.27. The molecular formula is C18H19NO4. The van der Waals surface area contributed by atoms with Gasteiger partial charge in [0.15, 0.2) is 17.3 Å². The van der Waals surface area contributed by atoms with Crippen LogP contribution in [0.4, 0.5) is 5.69 Å². The summed E-state index contributed by atoms with van der Waals surface area (Å²) in [5, 5.41) is 2.77. The summed E-state index contributed by atoms with van der Waals surface area (Å²) in [4.78, 5) is 23.8. The van der Waals surface area contributed by atoms with Crippen LogP contribution in [0, 0.1) is 0 Å². The quantitative estimate of drug-likeness (QED) is 0.832. The number of carbonyl (C=O) groups excluding carboxylic acids is 2. The van der Waals surface area contributed by atoms with E-state index in [0.717, 1.165) is 5.56 Å². The average Bonchev–Trinajstić information content (AvgIpc) is 2.54. The van der Waals surface area contributed by atoms with Gasteiger partial charge >= 0.3 is 0 Å². The molecule has 2 aromatic carbocycles. The van der Waals surface area contributed by atoms with Gasteiger partial charge in [-0.15, -0.1) is 0 Å². The number of amides is 1. The Bertz CT molecular complexity index is 725. The summed E-state index contributed by atoms with van der Waals surface area (Å²) in [5.74, 6) is 0.887. The summed E-state index contributed by atoms with van der Waals surface area (Å²) in [5.41, 5.74) is 1.80. The molecule has 5 nitrogen and oxygen atoms in total. The minimum Gasteiger partial charge on any atom is -0.493 e. The van der Waals surface area contributed by atoms with Gasteiger partial charge in [0.25, 0.3) is 0 Å². The second kappa shape index (κ2) is 7.45. The normalized spacial score (nSPS) is 10.0. The predicted molar refractivity (Wildman–Crippen MR) is 88.3 cm³/mol. The fraction of sp³-hybridized carbons (Fsp3) is 0.222. The van der Waals surface area contributed by atoms with Crippen LogP contribution in [0.1, 0.15) is 22.8 Å². The lowest BCUT2D eigenvalue weighted by Crippen LogP contribution is -2.16. The summed E-state index contributed by atoms with van der Waals surface area (Å²) >= 11 is 0. The molecule has 0 saturated heterocycles. The van der Waals surface area contributed by atoms with Crippen LogP contribution in [0.2, 0.25) is 0 Å². The predicted octanol–water partition coefficient (Wildman–Crippen LogP) is 3.09. The number of rotatable bonds is 6. The Morgan fingerprint density at radius 3 is 2.35 bits per heavy atom. The molecule has 0 unspecified atom stereocenters. The Morgan fingerprint density at radius 2 is 1.70 bits per heavy atom. The lowest BCUT2D eigenvalue weighted by molar-refractivity contribution is -0.115. The fourth-order valence-electron chi connectivity index (χ4n) is 2.27. The number of benzene rings is 2. The van der Waals surface area contributed by atoms with E-state index < -0.39 is 0 Å². The van der Waals surface area contributed by atoms with Crippen molar-refractivity contribution in [2.24, 2.45) is 0 Å². The van der Waals surface area contributed by atoms with Gasteiger partial charge in [0.05, 0.1) is 26.3 Å². The first-order valence-electron chi connectivity index (χ1n) is 7.16. The molecule has 2 rings (SSSR count). The zero-order valence-corrected chi connectivity index (χ0v) is 13.4. The minimum absolute atomic E-state index is 0.0907. The Morgan fingerprint density at radius 1 is 1.00 bits per heavy atom. The second-order valence-electron chi connectivity index (χ2n) is 5.02. The van der Waals surface area contributed by atoms with Crippen LogP contribution >= 0.6 is 0 Å². The number of nitrogens with one attached hydrogen (secondary N) is 1. The number of carbonyl (C=O) groups is 2. The highest BCUT2D eigenvalue weighted by molar-refractivity contribution is 6.04. The molecule has 0 aliphatic rings. The van der Waals surface area contributed by atoms with Crippen molar-refractivity contribution in [3.8, 4) is 11.5 Å². The van der Waals surface area contributed by atoms with E-state index in [9.17, 15) is 9.59 Å². The van der Waals surface area contributed by atoms with Crippen LogP contribution in [0.15, 0.2) is 42.5 Å². The minimum atomic E-state index is -0.203. The SMILES string of the molecule is COc1ccc(CC(=O)Nc2ccccc2C(C)=O)cc1OC. The molecule has 0 fully saturated rings. The van der Waals surface area contributed by atoms with Gasteiger partial charge in [-0.1, -0.05) is 18.2 Å². The summed E-state index contributed by atoms with van der Waals surface area (Å²) in [6.07, 6.45) is 0.173. The Balaban J connectivity index is 2.13. The van der Waals surface area contributed by atoms with Crippen LogP contribution in [0.5, 0.6) is 11.5 Å². The lowest BCUT2D eigenvalue weighted by Gasteiger charge is -2.11. The largest absolute Gasteiger partial charge is 0.493 e. The Labute approximate surface area is 135 Å². The van der Waals surface area contributed by atoms with E-state index >= 15 is 0 Å². The highest BCUT2D eigenvalue weighted by Gasteiger charge is 2.11. The van der Waals surface area contributed by atoms with Crippen LogP contribution in [-0.2, 0) is 11.2 Å². The molecule has 0 bridgehead atoms. The van der Waals surface area contributed by atoms with Gasteiger partial charge in [0, 0.05) is 5.56 Å². The maximum absolute atomic E-state index is 12.2. The van der Waals surface area contributed by atoms with Crippen molar-refractivity contribution < 1.29 is 19.1 Å². The third-order valence-electron chi connectivity index (χ3n) is 3.39. The van der Waals surface area contributed by atoms with Gasteiger partial charge in [-0.05, 0) is 36.8 Å². The smallest absolute Gasteiger partial charge is 0.228 e. The third-order valence-corrected chi connectivity index (χ3v) is 3.39. The van der Waals surface area contributed by atoms with Crippen molar-refractivity contribution in [1.82, 2.24) is 0 Å². The maximum atomic E-state index is 12.2. The number of methoxy groups -OCH3 is 2. The first-order chi connectivity index (χ1) is 11.0. The number of anilines is 1. The van der Waals surface area contributed by atoms with Crippen LogP contribution in [-0.4, -0.2) is 25.9 Å². The van der Waals surface area contributed by atoms with E-state index in [1.807, 2.05) is 0 Å². The number of para-hydroxylation sites is 1. The van der Waals surface area contributed by atoms with Gasteiger partial charge in [0.1, 0.15) is 0 Å². The molecular weight excluding hydrogens is 294 g/mol. The first kappa shape index (κ1) is 16.5. The summed E-state index contributed by atoms with van der Waals surface area (Å²) in [6, 6.07) is 12.3. The molecule has 0 saturated carbocycles. The summed E-state index contributed by atoms with van der Waals surface area (Å²) < 4.78 is 10.4. The number of hydrogen-bond donors (Lipinski definition) is 1. The summed E-state index contributed by atoms with van der Waals surface area (Å²) in [7, 11) is 3.10. The first-order valence-corrected chi connectivity index (χ1v) is 7.16. The number of Topliss-reactive ketones (excluding diaryl/α,β-unsaturated/α-hetero) is 1. The van der Waals surface area contributed by atoms with E-state index in [2.05, 4.69) is 5.32 Å². The van der Waals surface area contributed by atoms with Crippen LogP contribution < -0.4 is 14.8 Å². The molecule has 0 aliphatic heterocycles. The molecule has 0 atom stereocenters. The van der Waals surface area contributed by atoms with E-state index in [1.165, 1.54) is 6.92 Å². The van der Waals surface area contributed by atoms with Crippen LogP contribution in [0.25, 0.3) is 0 Å². The molecule has 23 heavy (non-hydrogen) atoms. The van der Waals surface area contributed by atoms with Gasteiger partial charge in [-0.3, -0.25) is 9.59 Å². The standard InChI is InChI=1S/C18H19NO4/c1-12(20)14-6-4-5-7-15(14)19-18(21)11-13-8-9-16(22-2)17(10-13)23-3/h4-10H,11H2,1-3H3,(H,19,21). The topological polar surface area (TPSA) is 64.6 Å². The molecule has 1 N–H and O–H groups in total. The third kappa shape index (κ3) is 4.10. The molecule has 120 valence electrons. The van der Waals surface area contributed by atoms with Crippen LogP contribution in [0.3, 0.4) is 0 Å². The molecule has 2 aromatic rings. The van der Waals surface area contributed by atoms with E-state index in [1.54, 1.807) is 56.7 Å². The van der Waals surface area contributed by atoms with Crippen molar-refractivity contribution in [3.63, 3.8) is 0 Å². The molecule has 1 amide bonds. The van der Waals surface area contributed by atoms with Gasteiger partial charge < -0.3 is 14.8 Å². The Kier molecular flexibility index (Phi) is 5.36. The van der Waals surface area contributed by atoms with Gasteiger partial charge in [-0.25, -0.2) is 0 Å². The average molecular weight is 313 g/mol. The molecule has 0 radical (unpaired) electrons. The van der Waals surface area contributed by atoms with Gasteiger partial charge in [0.2, 0.25) is 5.91 Å². The monoisotopic (exact) mass is 313 g/mol. The van der Waals surface area contributed by atoms with Crippen molar-refractivity contribution >= 4 is 17.4 Å². The molecule has 5 heteroatoms. The van der Waals surface area contributed by atoms with Crippen molar-refractivity contribution in [1.29, 1.82) is 0 Å². The Hall–Kier alpha value is -2.82. The molecule has 0 heterocycles. The molecule has 0 aromatic heterocycles. The van der Waals surface area contributed by atoms with Gasteiger partial charge in [-0.2, -0.15) is 0 Å².